The topological polar surface area (TPSA) is 81.5 Å². The molecule has 2 aromatic carbocycles. The number of anilines is 1. The highest BCUT2D eigenvalue weighted by atomic mass is 35.5. The van der Waals surface area contributed by atoms with Crippen LogP contribution in [0.2, 0.25) is 5.02 Å². The first kappa shape index (κ1) is 16.7. The number of nitro groups is 1. The molecule has 1 N–H and O–H groups in total. The van der Waals surface area contributed by atoms with Gasteiger partial charge in [0.25, 0.3) is 11.6 Å². The zero-order chi connectivity index (χ0) is 17.0. The number of para-hydroxylation sites is 1. The van der Waals surface area contributed by atoms with Crippen LogP contribution in [-0.2, 0) is 4.79 Å². The number of nitrogens with zero attached hydrogens (tertiary/aromatic N) is 1. The third-order valence-corrected chi connectivity index (χ3v) is 3.26. The number of carbonyl (C=O) groups is 1. The molecule has 0 radical (unpaired) electrons. The van der Waals surface area contributed by atoms with Gasteiger partial charge in [0.2, 0.25) is 0 Å². The van der Waals surface area contributed by atoms with Gasteiger partial charge in [0.1, 0.15) is 17.3 Å². The molecule has 0 aliphatic heterocycles. The van der Waals surface area contributed by atoms with Gasteiger partial charge in [-0.2, -0.15) is 0 Å². The van der Waals surface area contributed by atoms with Crippen LogP contribution >= 0.6 is 11.6 Å². The molecule has 2 aromatic rings. The summed E-state index contributed by atoms with van der Waals surface area (Å²) in [6.07, 6.45) is 0. The zero-order valence-corrected chi connectivity index (χ0v) is 12.8. The molecule has 120 valence electrons. The third kappa shape index (κ3) is 4.17. The SMILES string of the molecule is Cc1cccc([N+](=O)[O-])c1NC(=O)COc1ccc(F)cc1Cl. The first-order chi connectivity index (χ1) is 10.9. The molecule has 6 nitrogen and oxygen atoms in total. The number of nitrogens with one attached hydrogen (secondary N) is 1. The first-order valence-corrected chi connectivity index (χ1v) is 6.88. The highest BCUT2D eigenvalue weighted by Crippen LogP contribution is 2.28. The fourth-order valence-electron chi connectivity index (χ4n) is 1.88. The Balaban J connectivity index is 2.07. The minimum Gasteiger partial charge on any atom is -0.482 e. The second-order valence-electron chi connectivity index (χ2n) is 4.64. The summed E-state index contributed by atoms with van der Waals surface area (Å²) >= 11 is 5.78. The van der Waals surface area contributed by atoms with Gasteiger partial charge in [0.05, 0.1) is 9.95 Å². The van der Waals surface area contributed by atoms with Crippen molar-refractivity contribution in [1.82, 2.24) is 0 Å². The van der Waals surface area contributed by atoms with E-state index in [2.05, 4.69) is 5.32 Å². The summed E-state index contributed by atoms with van der Waals surface area (Å²) in [5.41, 5.74) is 0.446. The summed E-state index contributed by atoms with van der Waals surface area (Å²) in [5, 5.41) is 13.4. The van der Waals surface area contributed by atoms with E-state index in [1.54, 1.807) is 13.0 Å². The number of benzene rings is 2. The summed E-state index contributed by atoms with van der Waals surface area (Å²) in [6, 6.07) is 7.95. The van der Waals surface area contributed by atoms with Crippen LogP contribution in [0, 0.1) is 22.9 Å². The largest absolute Gasteiger partial charge is 0.482 e. The van der Waals surface area contributed by atoms with Crippen LogP contribution in [-0.4, -0.2) is 17.4 Å². The highest BCUT2D eigenvalue weighted by Gasteiger charge is 2.18. The molecule has 0 saturated carbocycles. The monoisotopic (exact) mass is 338 g/mol. The Bertz CT molecular complexity index is 767. The standard InChI is InChI=1S/C15H12ClFN2O4/c1-9-3-2-4-12(19(21)22)15(9)18-14(20)8-23-13-6-5-10(17)7-11(13)16/h2-7H,8H2,1H3,(H,18,20). The van der Waals surface area contributed by atoms with Crippen molar-refractivity contribution in [3.63, 3.8) is 0 Å². The van der Waals surface area contributed by atoms with Gasteiger partial charge in [-0.1, -0.05) is 23.7 Å². The lowest BCUT2D eigenvalue weighted by molar-refractivity contribution is -0.384. The van der Waals surface area contributed by atoms with E-state index in [4.69, 9.17) is 16.3 Å². The van der Waals surface area contributed by atoms with Gasteiger partial charge >= 0.3 is 0 Å². The second kappa shape index (κ2) is 7.06. The Morgan fingerprint density at radius 1 is 1.39 bits per heavy atom. The normalized spacial score (nSPS) is 10.2. The van der Waals surface area contributed by atoms with E-state index in [0.29, 0.717) is 5.56 Å². The summed E-state index contributed by atoms with van der Waals surface area (Å²) in [6.45, 7) is 1.22. The molecule has 1 amide bonds. The fourth-order valence-corrected chi connectivity index (χ4v) is 2.10. The lowest BCUT2D eigenvalue weighted by atomic mass is 10.1. The quantitative estimate of drug-likeness (QED) is 0.665. The van der Waals surface area contributed by atoms with Gasteiger partial charge in [-0.3, -0.25) is 14.9 Å². The number of aryl methyl sites for hydroxylation is 1. The molecule has 8 heteroatoms. The van der Waals surface area contributed by atoms with Crippen LogP contribution in [0.3, 0.4) is 0 Å². The van der Waals surface area contributed by atoms with E-state index >= 15 is 0 Å². The average molecular weight is 339 g/mol. The van der Waals surface area contributed by atoms with Crippen molar-refractivity contribution < 1.29 is 18.8 Å². The summed E-state index contributed by atoms with van der Waals surface area (Å²) in [5.74, 6) is -0.979. The molecule has 0 saturated heterocycles. The number of amides is 1. The van der Waals surface area contributed by atoms with Crippen LogP contribution in [0.25, 0.3) is 0 Å². The lowest BCUT2D eigenvalue weighted by Crippen LogP contribution is -2.21. The number of hydrogen-bond donors (Lipinski definition) is 1. The van der Waals surface area contributed by atoms with Gasteiger partial charge in [0, 0.05) is 6.07 Å². The molecule has 0 aromatic heterocycles. The number of halogens is 2. The van der Waals surface area contributed by atoms with Gasteiger partial charge in [-0.15, -0.1) is 0 Å². The maximum atomic E-state index is 12.9. The Labute approximate surface area is 136 Å². The molecule has 0 atom stereocenters. The predicted molar refractivity (Wildman–Crippen MR) is 83.4 cm³/mol. The number of hydrogen-bond acceptors (Lipinski definition) is 4. The van der Waals surface area contributed by atoms with Crippen molar-refractivity contribution >= 4 is 28.9 Å². The maximum absolute atomic E-state index is 12.9. The molecular weight excluding hydrogens is 327 g/mol. The molecule has 0 aliphatic rings. The number of rotatable bonds is 5. The van der Waals surface area contributed by atoms with Crippen molar-refractivity contribution in [2.75, 3.05) is 11.9 Å². The summed E-state index contributed by atoms with van der Waals surface area (Å²) in [4.78, 5) is 22.3. The molecule has 0 bridgehead atoms. The molecule has 0 aliphatic carbocycles. The maximum Gasteiger partial charge on any atom is 0.293 e. The smallest absolute Gasteiger partial charge is 0.293 e. The van der Waals surface area contributed by atoms with Gasteiger partial charge < -0.3 is 10.1 Å². The van der Waals surface area contributed by atoms with Crippen molar-refractivity contribution in [3.8, 4) is 5.75 Å². The lowest BCUT2D eigenvalue weighted by Gasteiger charge is -2.10. The zero-order valence-electron chi connectivity index (χ0n) is 12.0. The molecular formula is C15H12ClFN2O4. The molecule has 23 heavy (non-hydrogen) atoms. The fraction of sp³-hybridized carbons (Fsp3) is 0.133. The van der Waals surface area contributed by atoms with Crippen molar-refractivity contribution in [1.29, 1.82) is 0 Å². The molecule has 0 heterocycles. The van der Waals surface area contributed by atoms with Crippen LogP contribution in [0.5, 0.6) is 5.75 Å². The second-order valence-corrected chi connectivity index (χ2v) is 5.04. The van der Waals surface area contributed by atoms with Crippen LogP contribution < -0.4 is 10.1 Å². The Hall–Kier alpha value is -2.67. The Morgan fingerprint density at radius 2 is 2.13 bits per heavy atom. The van der Waals surface area contributed by atoms with Crippen LogP contribution in [0.4, 0.5) is 15.8 Å². The van der Waals surface area contributed by atoms with E-state index in [0.717, 1.165) is 12.1 Å². The molecule has 0 unspecified atom stereocenters. The Morgan fingerprint density at radius 3 is 2.78 bits per heavy atom. The van der Waals surface area contributed by atoms with E-state index in [1.807, 2.05) is 0 Å². The minimum atomic E-state index is -0.595. The molecule has 0 spiro atoms. The highest BCUT2D eigenvalue weighted by molar-refractivity contribution is 6.32. The number of ether oxygens (including phenoxy) is 1. The van der Waals surface area contributed by atoms with E-state index < -0.39 is 23.3 Å². The predicted octanol–water partition coefficient (Wildman–Crippen LogP) is 3.71. The summed E-state index contributed by atoms with van der Waals surface area (Å²) in [7, 11) is 0. The van der Waals surface area contributed by atoms with E-state index in [9.17, 15) is 19.3 Å². The van der Waals surface area contributed by atoms with Crippen LogP contribution in [0.15, 0.2) is 36.4 Å². The van der Waals surface area contributed by atoms with E-state index in [1.165, 1.54) is 18.2 Å². The van der Waals surface area contributed by atoms with Gasteiger partial charge in [-0.05, 0) is 30.7 Å². The Kier molecular flexibility index (Phi) is 5.13. The van der Waals surface area contributed by atoms with Crippen LogP contribution in [0.1, 0.15) is 5.56 Å². The van der Waals surface area contributed by atoms with Crippen molar-refractivity contribution in [3.05, 3.63) is 62.9 Å². The molecule has 2 rings (SSSR count). The van der Waals surface area contributed by atoms with Gasteiger partial charge in [-0.25, -0.2) is 4.39 Å². The van der Waals surface area contributed by atoms with Gasteiger partial charge in [0.15, 0.2) is 6.61 Å². The third-order valence-electron chi connectivity index (χ3n) is 2.96. The van der Waals surface area contributed by atoms with E-state index in [-0.39, 0.29) is 22.1 Å². The number of nitro benzene ring substituents is 1. The van der Waals surface area contributed by atoms with Crippen molar-refractivity contribution in [2.24, 2.45) is 0 Å². The first-order valence-electron chi connectivity index (χ1n) is 6.50. The average Bonchev–Trinajstić information content (AvgIpc) is 2.48. The molecule has 0 fully saturated rings. The van der Waals surface area contributed by atoms with Crippen molar-refractivity contribution in [2.45, 2.75) is 6.92 Å². The minimum absolute atomic E-state index is 0.0275. The number of carbonyl (C=O) groups excluding carboxylic acids is 1. The summed E-state index contributed by atoms with van der Waals surface area (Å²) < 4.78 is 18.1.